The van der Waals surface area contributed by atoms with Gasteiger partial charge in [0.25, 0.3) is 0 Å². The second-order valence-corrected chi connectivity index (χ2v) is 10.7. The third-order valence-corrected chi connectivity index (χ3v) is 8.42. The monoisotopic (exact) mass is 516 g/mol. The highest BCUT2D eigenvalue weighted by molar-refractivity contribution is 5.71. The molecule has 0 amide bonds. The normalized spacial score (nSPS) is 24.0. The quantitative estimate of drug-likeness (QED) is 0.291. The molecule has 2 unspecified atom stereocenters. The van der Waals surface area contributed by atoms with Crippen LogP contribution >= 0.6 is 0 Å². The molecule has 1 aliphatic carbocycles. The Labute approximate surface area is 225 Å². The Morgan fingerprint density at radius 2 is 1.39 bits per heavy atom. The van der Waals surface area contributed by atoms with Crippen LogP contribution in [0.2, 0.25) is 0 Å². The maximum atomic E-state index is 14.6. The molecule has 2 fully saturated rings. The first kappa shape index (κ1) is 26.6. The van der Waals surface area contributed by atoms with Crippen LogP contribution in [0.1, 0.15) is 64.0 Å². The minimum Gasteiger partial charge on any atom is -0.491 e. The molecule has 2 aliphatic rings. The minimum atomic E-state index is -0.947. The molecule has 5 rings (SSSR count). The number of benzene rings is 3. The van der Waals surface area contributed by atoms with Gasteiger partial charge in [-0.3, -0.25) is 0 Å². The zero-order valence-electron chi connectivity index (χ0n) is 22.5. The topological polar surface area (TPSA) is 18.5 Å². The first-order valence-corrected chi connectivity index (χ1v) is 14.1. The molecule has 4 heteroatoms. The molecular weight excluding hydrogens is 478 g/mol. The summed E-state index contributed by atoms with van der Waals surface area (Å²) in [7, 11) is 0. The van der Waals surface area contributed by atoms with E-state index >= 15 is 0 Å². The van der Waals surface area contributed by atoms with Crippen molar-refractivity contribution in [3.8, 4) is 28.0 Å². The lowest BCUT2D eigenvalue weighted by Crippen LogP contribution is -2.29. The Kier molecular flexibility index (Phi) is 8.58. The van der Waals surface area contributed by atoms with Crippen LogP contribution < -0.4 is 4.74 Å². The Morgan fingerprint density at radius 1 is 0.763 bits per heavy atom. The highest BCUT2D eigenvalue weighted by atomic mass is 19.2. The van der Waals surface area contributed by atoms with Crippen molar-refractivity contribution in [1.82, 2.24) is 0 Å². The van der Waals surface area contributed by atoms with Gasteiger partial charge in [0.05, 0.1) is 19.3 Å². The summed E-state index contributed by atoms with van der Waals surface area (Å²) < 4.78 is 40.5. The molecule has 3 aromatic carbocycles. The van der Waals surface area contributed by atoms with Crippen LogP contribution in [0.5, 0.6) is 5.75 Å². The van der Waals surface area contributed by atoms with E-state index in [1.807, 2.05) is 24.3 Å². The van der Waals surface area contributed by atoms with Crippen molar-refractivity contribution >= 4 is 0 Å². The van der Waals surface area contributed by atoms with E-state index in [9.17, 15) is 8.78 Å². The van der Waals surface area contributed by atoms with Gasteiger partial charge in [0.15, 0.2) is 11.6 Å². The highest BCUT2D eigenvalue weighted by Gasteiger charge is 2.31. The summed E-state index contributed by atoms with van der Waals surface area (Å²) in [4.78, 5) is 0. The molecule has 0 spiro atoms. The largest absolute Gasteiger partial charge is 0.491 e. The van der Waals surface area contributed by atoms with Gasteiger partial charge in [-0.25, -0.2) is 4.39 Å². The van der Waals surface area contributed by atoms with Crippen molar-refractivity contribution in [2.24, 2.45) is 17.8 Å². The van der Waals surface area contributed by atoms with Crippen molar-refractivity contribution < 1.29 is 18.3 Å². The lowest BCUT2D eigenvalue weighted by molar-refractivity contribution is -0.0395. The smallest absolute Gasteiger partial charge is 0.201 e. The fraction of sp³-hybridized carbons (Fsp3) is 0.412. The van der Waals surface area contributed by atoms with Gasteiger partial charge in [0.1, 0.15) is 0 Å². The Bertz CT molecular complexity index is 1220. The number of ether oxygens (including phenoxy) is 2. The van der Waals surface area contributed by atoms with Gasteiger partial charge in [-0.15, -0.1) is 0 Å². The molecule has 3 aromatic rings. The molecular formula is C34H38F2O2. The summed E-state index contributed by atoms with van der Waals surface area (Å²) in [6, 6.07) is 19.2. The lowest BCUT2D eigenvalue weighted by Gasteiger charge is -2.37. The van der Waals surface area contributed by atoms with Gasteiger partial charge in [-0.2, -0.15) is 4.39 Å². The summed E-state index contributed by atoms with van der Waals surface area (Å²) in [6.07, 6.45) is 12.4. The van der Waals surface area contributed by atoms with E-state index in [0.717, 1.165) is 36.0 Å². The van der Waals surface area contributed by atoms with Gasteiger partial charge in [-0.1, -0.05) is 60.7 Å². The first-order chi connectivity index (χ1) is 18.6. The fourth-order valence-electron chi connectivity index (χ4n) is 6.24. The minimum absolute atomic E-state index is 0.0601. The second-order valence-electron chi connectivity index (χ2n) is 10.7. The van der Waals surface area contributed by atoms with Crippen LogP contribution in [0, 0.1) is 29.4 Å². The van der Waals surface area contributed by atoms with E-state index in [-0.39, 0.29) is 24.0 Å². The lowest BCUT2D eigenvalue weighted by atomic mass is 9.73. The Morgan fingerprint density at radius 3 is 2.00 bits per heavy atom. The molecule has 1 saturated carbocycles. The van der Waals surface area contributed by atoms with E-state index in [4.69, 9.17) is 9.47 Å². The van der Waals surface area contributed by atoms with Gasteiger partial charge >= 0.3 is 0 Å². The zero-order valence-corrected chi connectivity index (χ0v) is 22.5. The standard InChI is InChI=1S/C34H38F2O2/c1-3-5-23-6-8-26(9-7-23)29-18-20-31(38-22-29)28-16-12-25(13-17-28)24-10-14-27(15-11-24)30-19-21-32(37-4-2)34(36)33(30)35/h3,5,10-17,19,21,23,26,29,31H,4,6-9,18,20,22H2,1-2H3/b5-3+. The van der Waals surface area contributed by atoms with Crippen molar-refractivity contribution in [2.75, 3.05) is 13.2 Å². The number of hydrogen-bond donors (Lipinski definition) is 0. The summed E-state index contributed by atoms with van der Waals surface area (Å²) in [5.74, 6) is 0.399. The first-order valence-electron chi connectivity index (χ1n) is 14.1. The molecule has 0 aromatic heterocycles. The SMILES string of the molecule is C/C=C/C1CCC(C2CCC(c3ccc(-c4ccc(-c5ccc(OCC)c(F)c5F)cc4)cc3)OC2)CC1. The van der Waals surface area contributed by atoms with E-state index in [2.05, 4.69) is 43.3 Å². The van der Waals surface area contributed by atoms with Gasteiger partial charge in [0, 0.05) is 5.56 Å². The molecule has 0 N–H and O–H groups in total. The van der Waals surface area contributed by atoms with Crippen LogP contribution in [0.25, 0.3) is 22.3 Å². The third kappa shape index (κ3) is 5.86. The molecule has 200 valence electrons. The summed E-state index contributed by atoms with van der Waals surface area (Å²) in [6.45, 7) is 5.02. The third-order valence-electron chi connectivity index (χ3n) is 8.42. The van der Waals surface area contributed by atoms with Crippen molar-refractivity contribution in [2.45, 2.75) is 58.5 Å². The van der Waals surface area contributed by atoms with Crippen molar-refractivity contribution in [1.29, 1.82) is 0 Å². The number of rotatable bonds is 7. The maximum Gasteiger partial charge on any atom is 0.201 e. The predicted molar refractivity (Wildman–Crippen MR) is 150 cm³/mol. The fourth-order valence-corrected chi connectivity index (χ4v) is 6.24. The van der Waals surface area contributed by atoms with Gasteiger partial charge in [-0.05, 0) is 105 Å². The van der Waals surface area contributed by atoms with Crippen LogP contribution in [-0.4, -0.2) is 13.2 Å². The van der Waals surface area contributed by atoms with Gasteiger partial charge in [0.2, 0.25) is 5.82 Å². The molecule has 2 atom stereocenters. The predicted octanol–water partition coefficient (Wildman–Crippen LogP) is 9.55. The average molecular weight is 517 g/mol. The van der Waals surface area contributed by atoms with Crippen molar-refractivity contribution in [3.63, 3.8) is 0 Å². The molecule has 1 aliphatic heterocycles. The Balaban J connectivity index is 1.19. The van der Waals surface area contributed by atoms with Crippen LogP contribution in [-0.2, 0) is 4.74 Å². The number of hydrogen-bond acceptors (Lipinski definition) is 2. The molecule has 0 radical (unpaired) electrons. The molecule has 38 heavy (non-hydrogen) atoms. The summed E-state index contributed by atoms with van der Waals surface area (Å²) in [5, 5.41) is 0. The number of halogens is 2. The zero-order chi connectivity index (χ0) is 26.5. The maximum absolute atomic E-state index is 14.6. The molecule has 1 saturated heterocycles. The molecule has 1 heterocycles. The molecule has 0 bridgehead atoms. The van der Waals surface area contributed by atoms with E-state index in [1.165, 1.54) is 43.7 Å². The average Bonchev–Trinajstić information content (AvgIpc) is 2.97. The van der Waals surface area contributed by atoms with Gasteiger partial charge < -0.3 is 9.47 Å². The van der Waals surface area contributed by atoms with Crippen LogP contribution in [0.4, 0.5) is 8.78 Å². The van der Waals surface area contributed by atoms with Crippen LogP contribution in [0.3, 0.4) is 0 Å². The van der Waals surface area contributed by atoms with E-state index < -0.39 is 11.6 Å². The molecule has 2 nitrogen and oxygen atoms in total. The van der Waals surface area contributed by atoms with Crippen LogP contribution in [0.15, 0.2) is 72.8 Å². The second kappa shape index (κ2) is 12.3. The summed E-state index contributed by atoms with van der Waals surface area (Å²) in [5.41, 5.74) is 4.21. The van der Waals surface area contributed by atoms with E-state index in [1.54, 1.807) is 13.0 Å². The highest BCUT2D eigenvalue weighted by Crippen LogP contribution is 2.41. The number of allylic oxidation sites excluding steroid dienone is 2. The Hall–Kier alpha value is -2.98. The van der Waals surface area contributed by atoms with E-state index in [0.29, 0.717) is 11.5 Å². The summed E-state index contributed by atoms with van der Waals surface area (Å²) >= 11 is 0. The van der Waals surface area contributed by atoms with Crippen molar-refractivity contribution in [3.05, 3.63) is 90.0 Å².